The van der Waals surface area contributed by atoms with Gasteiger partial charge in [0.2, 0.25) is 10.0 Å². The first-order valence-electron chi connectivity index (χ1n) is 13.0. The van der Waals surface area contributed by atoms with E-state index >= 15 is 0 Å². The van der Waals surface area contributed by atoms with Crippen LogP contribution in [0.3, 0.4) is 0 Å². The van der Waals surface area contributed by atoms with Crippen molar-refractivity contribution in [3.8, 4) is 17.0 Å². The maximum Gasteiger partial charge on any atom is 0.410 e. The molecule has 2 aromatic heterocycles. The van der Waals surface area contributed by atoms with Gasteiger partial charge in [-0.2, -0.15) is 0 Å². The largest absolute Gasteiger partial charge is 0.489 e. The van der Waals surface area contributed by atoms with Gasteiger partial charge in [0.25, 0.3) is 5.91 Å². The molecule has 14 heteroatoms. The number of rotatable bonds is 7. The van der Waals surface area contributed by atoms with Crippen LogP contribution in [-0.4, -0.2) is 78.1 Å². The number of carbonyl (C=O) groups excluding carboxylic acids is 2. The highest BCUT2D eigenvalue weighted by molar-refractivity contribution is 7.89. The van der Waals surface area contributed by atoms with Gasteiger partial charge in [-0.3, -0.25) is 9.78 Å². The molecule has 12 nitrogen and oxygen atoms in total. The Hall–Kier alpha value is -3.75. The van der Waals surface area contributed by atoms with Gasteiger partial charge in [-0.15, -0.1) is 11.3 Å². The summed E-state index contributed by atoms with van der Waals surface area (Å²) in [6.07, 6.45) is 1.06. The summed E-state index contributed by atoms with van der Waals surface area (Å²) in [7, 11) is -3.91. The molecular formula is C27H34N6O6S2. The molecule has 0 atom stereocenters. The summed E-state index contributed by atoms with van der Waals surface area (Å²) in [4.78, 5) is 37.5. The summed E-state index contributed by atoms with van der Waals surface area (Å²) in [5, 5.41) is 10.8. The Morgan fingerprint density at radius 2 is 1.76 bits per heavy atom. The summed E-state index contributed by atoms with van der Waals surface area (Å²) in [6.45, 7) is 10.7. The number of ether oxygens (including phenoxy) is 2. The second-order valence-electron chi connectivity index (χ2n) is 10.7. The quantitative estimate of drug-likeness (QED) is 0.407. The normalized spacial score (nSPS) is 14.2. The van der Waals surface area contributed by atoms with Gasteiger partial charge in [-0.25, -0.2) is 23.3 Å². The molecule has 1 saturated heterocycles. The first-order valence-corrected chi connectivity index (χ1v) is 15.4. The van der Waals surface area contributed by atoms with E-state index in [2.05, 4.69) is 15.3 Å². The minimum absolute atomic E-state index is 0.0522. The number of hydrogen-bond donors (Lipinski definition) is 2. The molecule has 0 bridgehead atoms. The monoisotopic (exact) mass is 602 g/mol. The summed E-state index contributed by atoms with van der Waals surface area (Å²) in [5.74, 6) is 0.244. The van der Waals surface area contributed by atoms with Crippen molar-refractivity contribution in [1.82, 2.24) is 19.8 Å². The number of sulfonamides is 1. The second-order valence-corrected chi connectivity index (χ2v) is 13.1. The zero-order valence-electron chi connectivity index (χ0n) is 23.6. The van der Waals surface area contributed by atoms with Crippen LogP contribution in [0.25, 0.3) is 11.3 Å². The van der Waals surface area contributed by atoms with Crippen molar-refractivity contribution in [1.29, 1.82) is 0 Å². The Bertz CT molecular complexity index is 1510. The third-order valence-corrected chi connectivity index (χ3v) is 7.55. The zero-order chi connectivity index (χ0) is 29.9. The lowest BCUT2D eigenvalue weighted by Gasteiger charge is -2.35. The maximum atomic E-state index is 13.0. The molecule has 0 spiro atoms. The van der Waals surface area contributed by atoms with Crippen LogP contribution in [0.2, 0.25) is 0 Å². The lowest BCUT2D eigenvalue weighted by molar-refractivity contribution is 0.0140. The summed E-state index contributed by atoms with van der Waals surface area (Å²) in [6, 6.07) is 7.76. The molecule has 3 aromatic rings. The van der Waals surface area contributed by atoms with Gasteiger partial charge >= 0.3 is 6.09 Å². The summed E-state index contributed by atoms with van der Waals surface area (Å²) in [5.41, 5.74) is 1.47. The van der Waals surface area contributed by atoms with Crippen molar-refractivity contribution in [2.45, 2.75) is 51.2 Å². The molecular weight excluding hydrogens is 568 g/mol. The molecule has 3 N–H and O–H groups in total. The van der Waals surface area contributed by atoms with Gasteiger partial charge in [0.1, 0.15) is 17.0 Å². The Morgan fingerprint density at radius 3 is 2.34 bits per heavy atom. The van der Waals surface area contributed by atoms with Crippen LogP contribution < -0.4 is 15.2 Å². The molecule has 1 fully saturated rings. The number of hydrogen-bond acceptors (Lipinski definition) is 10. The highest BCUT2D eigenvalue weighted by atomic mass is 32.2. The fourth-order valence-corrected chi connectivity index (χ4v) is 5.24. The number of piperazine rings is 1. The van der Waals surface area contributed by atoms with Gasteiger partial charge < -0.3 is 24.6 Å². The fourth-order valence-electron chi connectivity index (χ4n) is 3.97. The average molecular weight is 603 g/mol. The topological polar surface area (TPSA) is 157 Å². The van der Waals surface area contributed by atoms with Crippen molar-refractivity contribution in [3.05, 3.63) is 47.6 Å². The van der Waals surface area contributed by atoms with E-state index in [0.717, 1.165) is 0 Å². The molecule has 3 heterocycles. The van der Waals surface area contributed by atoms with E-state index in [4.69, 9.17) is 14.6 Å². The number of anilines is 2. The first-order chi connectivity index (χ1) is 19.2. The van der Waals surface area contributed by atoms with Crippen LogP contribution in [0.4, 0.5) is 15.6 Å². The van der Waals surface area contributed by atoms with Gasteiger partial charge in [-0.1, -0.05) is 0 Å². The van der Waals surface area contributed by atoms with E-state index in [9.17, 15) is 18.0 Å². The number of nitrogens with two attached hydrogens (primary N) is 1. The van der Waals surface area contributed by atoms with Crippen molar-refractivity contribution in [3.63, 3.8) is 0 Å². The number of primary sulfonamides is 1. The van der Waals surface area contributed by atoms with E-state index < -0.39 is 15.6 Å². The number of benzene rings is 1. The Balaban J connectivity index is 1.42. The Labute approximate surface area is 243 Å². The number of pyridine rings is 1. The molecule has 0 aliphatic carbocycles. The van der Waals surface area contributed by atoms with Crippen molar-refractivity contribution in [2.75, 3.05) is 31.5 Å². The second kappa shape index (κ2) is 12.0. The highest BCUT2D eigenvalue weighted by Crippen LogP contribution is 2.33. The highest BCUT2D eigenvalue weighted by Gasteiger charge is 2.28. The number of thiazole rings is 1. The van der Waals surface area contributed by atoms with Crippen LogP contribution in [0.1, 0.15) is 45.1 Å². The maximum absolute atomic E-state index is 13.0. The number of amides is 2. The Kier molecular flexibility index (Phi) is 8.85. The molecule has 220 valence electrons. The summed E-state index contributed by atoms with van der Waals surface area (Å²) < 4.78 is 34.9. The van der Waals surface area contributed by atoms with Crippen molar-refractivity contribution >= 4 is 44.2 Å². The van der Waals surface area contributed by atoms with E-state index in [0.29, 0.717) is 59.7 Å². The number of nitrogens with one attached hydrogen (secondary N) is 1. The van der Waals surface area contributed by atoms with Gasteiger partial charge in [0.05, 0.1) is 22.4 Å². The van der Waals surface area contributed by atoms with Crippen LogP contribution in [0.15, 0.2) is 46.8 Å². The van der Waals surface area contributed by atoms with Crippen LogP contribution in [0, 0.1) is 0 Å². The zero-order valence-corrected chi connectivity index (χ0v) is 25.2. The lowest BCUT2D eigenvalue weighted by atomic mass is 10.2. The average Bonchev–Trinajstić information content (AvgIpc) is 3.36. The van der Waals surface area contributed by atoms with Crippen LogP contribution in [0.5, 0.6) is 5.75 Å². The standard InChI is InChI=1S/C27H34N6O6S2/c1-17(2)38-23-9-7-19(41(28,36)37)14-21(23)30-25-31-22(16-40-25)18-6-8-20(29-15-18)24(34)32-10-12-33(13-11-32)26(35)39-27(3,4)5/h6-9,14-17H,10-13H2,1-5H3,(H,30,31)(H2,28,36,37). The first kappa shape index (κ1) is 30.2. The molecule has 1 aliphatic rings. The molecule has 0 unspecified atom stereocenters. The van der Waals surface area contributed by atoms with Crippen molar-refractivity contribution < 1.29 is 27.5 Å². The predicted molar refractivity (Wildman–Crippen MR) is 156 cm³/mol. The molecule has 41 heavy (non-hydrogen) atoms. The molecule has 1 aromatic carbocycles. The van der Waals surface area contributed by atoms with Gasteiger partial charge in [0.15, 0.2) is 5.13 Å². The lowest BCUT2D eigenvalue weighted by Crippen LogP contribution is -2.51. The minimum atomic E-state index is -3.91. The Morgan fingerprint density at radius 1 is 1.07 bits per heavy atom. The molecule has 1 aliphatic heterocycles. The minimum Gasteiger partial charge on any atom is -0.489 e. The van der Waals surface area contributed by atoms with Gasteiger partial charge in [0, 0.05) is 43.3 Å². The van der Waals surface area contributed by atoms with Gasteiger partial charge in [-0.05, 0) is 65.0 Å². The number of aromatic nitrogens is 2. The summed E-state index contributed by atoms with van der Waals surface area (Å²) >= 11 is 1.32. The third kappa shape index (κ3) is 7.93. The van der Waals surface area contributed by atoms with Crippen LogP contribution in [-0.2, 0) is 14.8 Å². The van der Waals surface area contributed by atoms with E-state index in [1.165, 1.54) is 23.5 Å². The van der Waals surface area contributed by atoms with E-state index in [1.807, 2.05) is 40.0 Å². The smallest absolute Gasteiger partial charge is 0.410 e. The SMILES string of the molecule is CC(C)Oc1ccc(S(N)(=O)=O)cc1Nc1nc(-c2ccc(C(=O)N3CCN(C(=O)OC(C)(C)C)CC3)nc2)cs1. The van der Waals surface area contributed by atoms with E-state index in [-0.39, 0.29) is 23.0 Å². The van der Waals surface area contributed by atoms with Crippen molar-refractivity contribution in [2.24, 2.45) is 5.14 Å². The number of carbonyl (C=O) groups is 2. The van der Waals surface area contributed by atoms with Crippen LogP contribution >= 0.6 is 11.3 Å². The molecule has 4 rings (SSSR count). The van der Waals surface area contributed by atoms with E-state index in [1.54, 1.807) is 34.2 Å². The molecule has 0 saturated carbocycles. The third-order valence-electron chi connectivity index (χ3n) is 5.88. The predicted octanol–water partition coefficient (Wildman–Crippen LogP) is 4.08. The number of nitrogens with zero attached hydrogens (tertiary/aromatic N) is 4. The fraction of sp³-hybridized carbons (Fsp3) is 0.407. The molecule has 0 radical (unpaired) electrons. The molecule has 2 amide bonds.